The first kappa shape index (κ1) is 17.6. The summed E-state index contributed by atoms with van der Waals surface area (Å²) < 4.78 is 0. The molecule has 0 atom stereocenters. The average Bonchev–Trinajstić information content (AvgIpc) is 2.85. The number of nitro benzene ring substituents is 2. The van der Waals surface area contributed by atoms with Crippen molar-refractivity contribution in [3.05, 3.63) is 66.7 Å². The van der Waals surface area contributed by atoms with E-state index in [2.05, 4.69) is 0 Å². The monoisotopic (exact) mass is 394 g/mol. The van der Waals surface area contributed by atoms with Crippen LogP contribution in [0.25, 0.3) is 11.1 Å². The molecule has 2 aromatic carbocycles. The van der Waals surface area contributed by atoms with Crippen molar-refractivity contribution in [3.8, 4) is 11.1 Å². The van der Waals surface area contributed by atoms with Crippen LogP contribution in [0.4, 0.5) is 11.4 Å². The van der Waals surface area contributed by atoms with E-state index < -0.39 is 37.5 Å². The van der Waals surface area contributed by atoms with E-state index in [1.807, 2.05) is 0 Å². The summed E-state index contributed by atoms with van der Waals surface area (Å²) in [4.78, 5) is 56.4. The molecule has 3 rings (SSSR count). The van der Waals surface area contributed by atoms with Gasteiger partial charge in [0, 0.05) is 34.4 Å². The SMILES string of the molecule is O=C(Cl)c1cc2c(c([N+](=O)[O-])c1)-c1c(cc(C(=O)Cl)cc1[N+](=O)[O-])C2=O. The zero-order chi connectivity index (χ0) is 19.3. The molecule has 0 saturated heterocycles. The number of halogens is 2. The molecule has 0 fully saturated rings. The molecule has 0 radical (unpaired) electrons. The molecule has 9 nitrogen and oxygen atoms in total. The Hall–Kier alpha value is -3.17. The Morgan fingerprint density at radius 3 is 1.38 bits per heavy atom. The van der Waals surface area contributed by atoms with Crippen LogP contribution in [-0.4, -0.2) is 26.1 Å². The van der Waals surface area contributed by atoms with Gasteiger partial charge in [-0.15, -0.1) is 0 Å². The second-order valence-electron chi connectivity index (χ2n) is 5.23. The number of fused-ring (bicyclic) bond motifs is 3. The number of benzene rings is 2. The molecule has 0 unspecified atom stereocenters. The number of nitro groups is 2. The van der Waals surface area contributed by atoms with Crippen LogP contribution in [0.5, 0.6) is 0 Å². The van der Waals surface area contributed by atoms with E-state index in [1.165, 1.54) is 0 Å². The van der Waals surface area contributed by atoms with Gasteiger partial charge in [0.05, 0.1) is 21.0 Å². The van der Waals surface area contributed by atoms with Crippen molar-refractivity contribution in [3.63, 3.8) is 0 Å². The fourth-order valence-electron chi connectivity index (χ4n) is 2.80. The maximum Gasteiger partial charge on any atom is 0.279 e. The van der Waals surface area contributed by atoms with Crippen LogP contribution in [0.1, 0.15) is 36.6 Å². The van der Waals surface area contributed by atoms with Gasteiger partial charge in [0.1, 0.15) is 0 Å². The van der Waals surface area contributed by atoms with Crippen molar-refractivity contribution in [2.75, 3.05) is 0 Å². The molecule has 0 bridgehead atoms. The van der Waals surface area contributed by atoms with E-state index >= 15 is 0 Å². The van der Waals surface area contributed by atoms with Gasteiger partial charge in [-0.2, -0.15) is 0 Å². The molecule has 0 aliphatic heterocycles. The van der Waals surface area contributed by atoms with E-state index in [9.17, 15) is 34.6 Å². The third-order valence-electron chi connectivity index (χ3n) is 3.82. The van der Waals surface area contributed by atoms with Crippen molar-refractivity contribution in [1.82, 2.24) is 0 Å². The zero-order valence-electron chi connectivity index (χ0n) is 12.3. The molecule has 1 aliphatic rings. The molecule has 130 valence electrons. The van der Waals surface area contributed by atoms with Crippen LogP contribution in [0.15, 0.2) is 24.3 Å². The third kappa shape index (κ3) is 2.54. The molecular weight excluding hydrogens is 391 g/mol. The molecule has 0 spiro atoms. The summed E-state index contributed by atoms with van der Waals surface area (Å²) in [5.74, 6) is -0.819. The summed E-state index contributed by atoms with van der Waals surface area (Å²) in [6.07, 6.45) is 0. The Balaban J connectivity index is 2.48. The molecule has 0 N–H and O–H groups in total. The van der Waals surface area contributed by atoms with E-state index in [-0.39, 0.29) is 33.4 Å². The van der Waals surface area contributed by atoms with Gasteiger partial charge in [-0.3, -0.25) is 34.6 Å². The zero-order valence-corrected chi connectivity index (χ0v) is 13.8. The minimum atomic E-state index is -1.04. The predicted octanol–water partition coefficient (Wildman–Crippen LogP) is 3.47. The molecule has 0 heterocycles. The molecule has 0 amide bonds. The van der Waals surface area contributed by atoms with Gasteiger partial charge in [0.25, 0.3) is 21.9 Å². The van der Waals surface area contributed by atoms with Crippen LogP contribution in [-0.2, 0) is 0 Å². The summed E-state index contributed by atoms with van der Waals surface area (Å²) in [6, 6.07) is 3.71. The first-order valence-electron chi connectivity index (χ1n) is 6.73. The molecule has 26 heavy (non-hydrogen) atoms. The van der Waals surface area contributed by atoms with Gasteiger partial charge in [0.15, 0.2) is 5.78 Å². The highest BCUT2D eigenvalue weighted by Crippen LogP contribution is 2.48. The molecule has 2 aromatic rings. The van der Waals surface area contributed by atoms with E-state index in [4.69, 9.17) is 23.2 Å². The van der Waals surface area contributed by atoms with E-state index in [1.54, 1.807) is 0 Å². The van der Waals surface area contributed by atoms with Gasteiger partial charge >= 0.3 is 0 Å². The van der Waals surface area contributed by atoms with Crippen LogP contribution >= 0.6 is 23.2 Å². The van der Waals surface area contributed by atoms with E-state index in [0.29, 0.717) is 0 Å². The maximum absolute atomic E-state index is 12.6. The van der Waals surface area contributed by atoms with E-state index in [0.717, 1.165) is 24.3 Å². The predicted molar refractivity (Wildman–Crippen MR) is 89.0 cm³/mol. The van der Waals surface area contributed by atoms with Crippen molar-refractivity contribution in [2.24, 2.45) is 0 Å². The Kier molecular flexibility index (Phi) is 4.05. The summed E-state index contributed by atoms with van der Waals surface area (Å²) in [6.45, 7) is 0. The summed E-state index contributed by atoms with van der Waals surface area (Å²) in [7, 11) is 0. The number of carbonyl (C=O) groups excluding carboxylic acids is 3. The number of hydrogen-bond acceptors (Lipinski definition) is 7. The lowest BCUT2D eigenvalue weighted by Crippen LogP contribution is -2.01. The second kappa shape index (κ2) is 5.97. The van der Waals surface area contributed by atoms with Gasteiger partial charge in [0.2, 0.25) is 0 Å². The normalized spacial score (nSPS) is 11.7. The van der Waals surface area contributed by atoms with Gasteiger partial charge < -0.3 is 0 Å². The minimum Gasteiger partial charge on any atom is -0.289 e. The van der Waals surface area contributed by atoms with Gasteiger partial charge in [-0.05, 0) is 35.3 Å². The fraction of sp³-hybridized carbons (Fsp3) is 0. The minimum absolute atomic E-state index is 0.291. The van der Waals surface area contributed by atoms with Crippen LogP contribution in [0.3, 0.4) is 0 Å². The standard InChI is InChI=1S/C15H4Cl2N2O7/c16-14(21)5-1-7-11(9(3-5)18(23)24)12-8(13(7)20)2-6(15(17)22)4-10(12)19(25)26/h1-4H. The summed E-state index contributed by atoms with van der Waals surface area (Å²) >= 11 is 10.7. The topological polar surface area (TPSA) is 137 Å². The Bertz CT molecular complexity index is 995. The van der Waals surface area contributed by atoms with Crippen LogP contribution < -0.4 is 0 Å². The Morgan fingerprint density at radius 2 is 1.12 bits per heavy atom. The second-order valence-corrected chi connectivity index (χ2v) is 5.91. The lowest BCUT2D eigenvalue weighted by Gasteiger charge is -2.05. The first-order valence-corrected chi connectivity index (χ1v) is 7.48. The highest BCUT2D eigenvalue weighted by molar-refractivity contribution is 6.68. The molecule has 0 aromatic heterocycles. The molecule has 0 saturated carbocycles. The van der Waals surface area contributed by atoms with Gasteiger partial charge in [-0.1, -0.05) is 0 Å². The number of hydrogen-bond donors (Lipinski definition) is 0. The van der Waals surface area contributed by atoms with Crippen LogP contribution in [0, 0.1) is 20.2 Å². The molecule has 11 heteroatoms. The largest absolute Gasteiger partial charge is 0.289 e. The maximum atomic E-state index is 12.6. The number of carbonyl (C=O) groups is 3. The quantitative estimate of drug-likeness (QED) is 0.375. The van der Waals surface area contributed by atoms with Crippen molar-refractivity contribution in [1.29, 1.82) is 0 Å². The molecular formula is C15H4Cl2N2O7. The Morgan fingerprint density at radius 1 is 0.769 bits per heavy atom. The molecule has 1 aliphatic carbocycles. The number of rotatable bonds is 4. The van der Waals surface area contributed by atoms with Crippen molar-refractivity contribution in [2.45, 2.75) is 0 Å². The van der Waals surface area contributed by atoms with Gasteiger partial charge in [-0.25, -0.2) is 0 Å². The lowest BCUT2D eigenvalue weighted by molar-refractivity contribution is -0.386. The highest BCUT2D eigenvalue weighted by atomic mass is 35.5. The number of nitrogens with zero attached hydrogens (tertiary/aromatic N) is 2. The summed E-state index contributed by atoms with van der Waals surface area (Å²) in [5.41, 5.74) is -3.20. The highest BCUT2D eigenvalue weighted by Gasteiger charge is 2.40. The average molecular weight is 395 g/mol. The lowest BCUT2D eigenvalue weighted by atomic mass is 9.99. The first-order chi connectivity index (χ1) is 12.1. The van der Waals surface area contributed by atoms with Crippen molar-refractivity contribution < 1.29 is 24.2 Å². The summed E-state index contributed by atoms with van der Waals surface area (Å²) in [5, 5.41) is 20.7. The number of ketones is 1. The van der Waals surface area contributed by atoms with Crippen molar-refractivity contribution >= 4 is 50.8 Å². The van der Waals surface area contributed by atoms with Crippen LogP contribution in [0.2, 0.25) is 0 Å². The third-order valence-corrected chi connectivity index (χ3v) is 4.26. The fourth-order valence-corrected chi connectivity index (χ4v) is 3.02. The smallest absolute Gasteiger partial charge is 0.279 e. The Labute approximate surface area is 153 Å².